The summed E-state index contributed by atoms with van der Waals surface area (Å²) in [6.07, 6.45) is 0. The molecule has 0 atom stereocenters. The van der Waals surface area contributed by atoms with Crippen LogP contribution in [0.1, 0.15) is 20.7 Å². The minimum absolute atomic E-state index is 0.0168. The van der Waals surface area contributed by atoms with Gasteiger partial charge < -0.3 is 9.64 Å². The quantitative estimate of drug-likeness (QED) is 0.669. The van der Waals surface area contributed by atoms with Gasteiger partial charge >= 0.3 is 5.97 Å². The van der Waals surface area contributed by atoms with E-state index in [0.29, 0.717) is 4.47 Å². The van der Waals surface area contributed by atoms with Crippen LogP contribution in [0.5, 0.6) is 0 Å². The lowest BCUT2D eigenvalue weighted by molar-refractivity contribution is 0.0596. The Morgan fingerprint density at radius 1 is 1.15 bits per heavy atom. The molecule has 0 aliphatic carbocycles. The van der Waals surface area contributed by atoms with Gasteiger partial charge in [-0.05, 0) is 36.4 Å². The second-order valence-corrected chi connectivity index (χ2v) is 8.61. The summed E-state index contributed by atoms with van der Waals surface area (Å²) in [6, 6.07) is 8.32. The van der Waals surface area contributed by atoms with Gasteiger partial charge in [0.2, 0.25) is 0 Å². The Morgan fingerprint density at radius 3 is 2.41 bits per heavy atom. The number of halogens is 2. The number of amides is 1. The zero-order valence-electron chi connectivity index (χ0n) is 14.6. The van der Waals surface area contributed by atoms with Crippen LogP contribution in [-0.4, -0.2) is 46.4 Å². The second-order valence-electron chi connectivity index (χ2n) is 5.63. The van der Waals surface area contributed by atoms with Crippen molar-refractivity contribution < 1.29 is 22.7 Å². The third kappa shape index (κ3) is 4.79. The number of ether oxygens (including phenoxy) is 1. The lowest BCUT2D eigenvalue weighted by Gasteiger charge is -2.15. The number of nitrogens with one attached hydrogen (secondary N) is 1. The van der Waals surface area contributed by atoms with Gasteiger partial charge in [-0.25, -0.2) is 13.2 Å². The molecule has 2 aromatic rings. The van der Waals surface area contributed by atoms with Crippen LogP contribution in [0, 0.1) is 0 Å². The van der Waals surface area contributed by atoms with Crippen molar-refractivity contribution in [1.82, 2.24) is 4.90 Å². The Labute approximate surface area is 170 Å². The van der Waals surface area contributed by atoms with Gasteiger partial charge in [0, 0.05) is 24.1 Å². The van der Waals surface area contributed by atoms with Gasteiger partial charge in [0.25, 0.3) is 15.9 Å². The Bertz CT molecular complexity index is 1010. The molecule has 10 heteroatoms. The Morgan fingerprint density at radius 2 is 1.81 bits per heavy atom. The van der Waals surface area contributed by atoms with Crippen LogP contribution in [0.4, 0.5) is 5.69 Å². The second kappa shape index (κ2) is 8.28. The summed E-state index contributed by atoms with van der Waals surface area (Å²) in [5.74, 6) is -1.12. The van der Waals surface area contributed by atoms with Gasteiger partial charge in [0.15, 0.2) is 0 Å². The monoisotopic (exact) mass is 474 g/mol. The highest BCUT2D eigenvalue weighted by atomic mass is 79.9. The Kier molecular flexibility index (Phi) is 6.50. The Balaban J connectivity index is 2.50. The number of esters is 1. The van der Waals surface area contributed by atoms with E-state index in [1.54, 1.807) is 14.1 Å². The molecule has 0 fully saturated rings. The van der Waals surface area contributed by atoms with Gasteiger partial charge in [0.1, 0.15) is 4.90 Å². The van der Waals surface area contributed by atoms with Crippen molar-refractivity contribution in [3.05, 3.63) is 57.0 Å². The fourth-order valence-corrected chi connectivity index (χ4v) is 4.03. The third-order valence-electron chi connectivity index (χ3n) is 3.50. The molecule has 7 nitrogen and oxygen atoms in total. The molecule has 0 spiro atoms. The van der Waals surface area contributed by atoms with Crippen LogP contribution in [0.3, 0.4) is 0 Å². The number of sulfonamides is 1. The number of benzene rings is 2. The smallest absolute Gasteiger partial charge is 0.339 e. The van der Waals surface area contributed by atoms with Crippen molar-refractivity contribution in [3.8, 4) is 0 Å². The first-order valence-corrected chi connectivity index (χ1v) is 10.1. The number of methoxy groups -OCH3 is 1. The van der Waals surface area contributed by atoms with E-state index >= 15 is 0 Å². The first-order chi connectivity index (χ1) is 12.6. The van der Waals surface area contributed by atoms with Gasteiger partial charge in [-0.1, -0.05) is 27.5 Å². The van der Waals surface area contributed by atoms with Crippen molar-refractivity contribution in [2.45, 2.75) is 4.90 Å². The van der Waals surface area contributed by atoms with E-state index in [-0.39, 0.29) is 32.6 Å². The number of hydrogen-bond donors (Lipinski definition) is 1. The normalized spacial score (nSPS) is 11.0. The van der Waals surface area contributed by atoms with Crippen LogP contribution >= 0.6 is 27.5 Å². The first-order valence-electron chi connectivity index (χ1n) is 7.48. The molecular weight excluding hydrogens is 460 g/mol. The van der Waals surface area contributed by atoms with Crippen LogP contribution in [0.25, 0.3) is 0 Å². The van der Waals surface area contributed by atoms with E-state index in [2.05, 4.69) is 25.4 Å². The summed E-state index contributed by atoms with van der Waals surface area (Å²) >= 11 is 9.27. The molecule has 0 aliphatic rings. The van der Waals surface area contributed by atoms with Crippen molar-refractivity contribution in [1.29, 1.82) is 0 Å². The fraction of sp³-hybridized carbons (Fsp3) is 0.176. The van der Waals surface area contributed by atoms with Crippen molar-refractivity contribution in [2.24, 2.45) is 0 Å². The topological polar surface area (TPSA) is 92.8 Å². The summed E-state index contributed by atoms with van der Waals surface area (Å²) in [4.78, 5) is 25.1. The highest BCUT2D eigenvalue weighted by Gasteiger charge is 2.25. The number of carbonyl (C=O) groups is 2. The molecule has 0 saturated heterocycles. The molecule has 0 heterocycles. The molecule has 1 N–H and O–H groups in total. The standard InChI is InChI=1S/C17H16BrClN2O5S/c1-21(2)16(22)10-4-6-13(19)14(8-10)20-27(24,25)15-7-5-11(18)9-12(15)17(23)26-3/h4-9,20H,1-3H3. The van der Waals surface area contributed by atoms with Crippen molar-refractivity contribution >= 4 is 55.1 Å². The van der Waals surface area contributed by atoms with Gasteiger partial charge in [-0.2, -0.15) is 0 Å². The van der Waals surface area contributed by atoms with Gasteiger partial charge in [-0.3, -0.25) is 9.52 Å². The van der Waals surface area contributed by atoms with E-state index in [4.69, 9.17) is 11.6 Å². The average molecular weight is 476 g/mol. The average Bonchev–Trinajstić information content (AvgIpc) is 2.61. The molecule has 1 amide bonds. The maximum atomic E-state index is 12.8. The van der Waals surface area contributed by atoms with E-state index < -0.39 is 16.0 Å². The maximum absolute atomic E-state index is 12.8. The van der Waals surface area contributed by atoms with E-state index in [1.807, 2.05) is 0 Å². The summed E-state index contributed by atoms with van der Waals surface area (Å²) in [5.41, 5.74) is 0.130. The van der Waals surface area contributed by atoms with E-state index in [1.165, 1.54) is 41.3 Å². The van der Waals surface area contributed by atoms with Crippen molar-refractivity contribution in [3.63, 3.8) is 0 Å². The minimum Gasteiger partial charge on any atom is -0.465 e. The molecule has 144 valence electrons. The maximum Gasteiger partial charge on any atom is 0.339 e. The number of rotatable bonds is 5. The van der Waals surface area contributed by atoms with E-state index in [0.717, 1.165) is 7.11 Å². The molecule has 0 radical (unpaired) electrons. The molecule has 0 saturated carbocycles. The zero-order chi connectivity index (χ0) is 20.4. The van der Waals surface area contributed by atoms with E-state index in [9.17, 15) is 18.0 Å². The SMILES string of the molecule is COC(=O)c1cc(Br)ccc1S(=O)(=O)Nc1cc(C(=O)N(C)C)ccc1Cl. The van der Waals surface area contributed by atoms with Crippen LogP contribution in [0.15, 0.2) is 45.8 Å². The lowest BCUT2D eigenvalue weighted by atomic mass is 10.2. The molecule has 0 unspecified atom stereocenters. The van der Waals surface area contributed by atoms with Gasteiger partial charge in [-0.15, -0.1) is 0 Å². The zero-order valence-corrected chi connectivity index (χ0v) is 17.8. The largest absolute Gasteiger partial charge is 0.465 e. The van der Waals surface area contributed by atoms with Crippen LogP contribution < -0.4 is 4.72 Å². The summed E-state index contributed by atoms with van der Waals surface area (Å²) in [7, 11) is 0.120. The molecule has 2 rings (SSSR count). The Hall–Kier alpha value is -2.10. The lowest BCUT2D eigenvalue weighted by Crippen LogP contribution is -2.22. The molecular formula is C17H16BrClN2O5S. The van der Waals surface area contributed by atoms with Crippen LogP contribution in [0.2, 0.25) is 5.02 Å². The predicted molar refractivity (Wildman–Crippen MR) is 106 cm³/mol. The van der Waals surface area contributed by atoms with Gasteiger partial charge in [0.05, 0.1) is 23.4 Å². The fourth-order valence-electron chi connectivity index (χ4n) is 2.20. The summed E-state index contributed by atoms with van der Waals surface area (Å²) in [6.45, 7) is 0. The highest BCUT2D eigenvalue weighted by molar-refractivity contribution is 9.10. The summed E-state index contributed by atoms with van der Waals surface area (Å²) in [5, 5.41) is 0.102. The summed E-state index contributed by atoms with van der Waals surface area (Å²) < 4.78 is 33.2. The predicted octanol–water partition coefficient (Wildman–Crippen LogP) is 3.39. The van der Waals surface area contributed by atoms with Crippen LogP contribution in [-0.2, 0) is 14.8 Å². The molecule has 0 bridgehead atoms. The molecule has 2 aromatic carbocycles. The molecule has 0 aromatic heterocycles. The third-order valence-corrected chi connectivity index (χ3v) is 5.75. The number of carbonyl (C=O) groups excluding carboxylic acids is 2. The molecule has 27 heavy (non-hydrogen) atoms. The van der Waals surface area contributed by atoms with Crippen molar-refractivity contribution in [2.75, 3.05) is 25.9 Å². The minimum atomic E-state index is -4.18. The number of nitrogens with zero attached hydrogens (tertiary/aromatic N) is 1. The first kappa shape index (κ1) is 21.2. The number of hydrogen-bond acceptors (Lipinski definition) is 5. The molecule has 0 aliphatic heterocycles. The number of anilines is 1. The highest BCUT2D eigenvalue weighted by Crippen LogP contribution is 2.28.